The zero-order chi connectivity index (χ0) is 53.9. The third-order valence-electron chi connectivity index (χ3n) is 13.5. The van der Waals surface area contributed by atoms with Crippen LogP contribution in [0.2, 0.25) is 0 Å². The van der Waals surface area contributed by atoms with Crippen LogP contribution in [0.5, 0.6) is 0 Å². The molecule has 1 aromatic heterocycles. The molecule has 0 aliphatic carbocycles. The van der Waals surface area contributed by atoms with Gasteiger partial charge in [0.05, 0.1) is 37.8 Å². The van der Waals surface area contributed by atoms with Gasteiger partial charge < -0.3 is 36.8 Å². The molecule has 0 saturated carbocycles. The van der Waals surface area contributed by atoms with E-state index in [1.54, 1.807) is 10.9 Å². The Morgan fingerprint density at radius 3 is 2.27 bits per heavy atom. The van der Waals surface area contributed by atoms with Crippen LogP contribution in [-0.4, -0.2) is 117 Å². The van der Waals surface area contributed by atoms with E-state index >= 15 is 4.79 Å². The molecule has 2 aliphatic rings. The Labute approximate surface area is 440 Å². The molecule has 3 heterocycles. The van der Waals surface area contributed by atoms with E-state index in [0.29, 0.717) is 25.2 Å². The standard InChI is InChI=1S/C55H74N12O6S/c1-33(2)44-50(70)63-47(54(5,6)7)49(58-30-43(69)67-24-22-34(3)46(67)52(72)60-44)62-48(55(8,9)10)53(73)61-45(35(4)37-16-12-11-13-17-37)51(71)59-40(28-56-23-25-74)27-42(68)57-29-41-32-66(65-64-41)31-36-20-21-38-18-14-15-19-39(38)26-36/h11-21,23,25-26,28,32-35,40,44-48,74H,22,24,27,29-31H2,1-10H3,(H,57,68)(H,58,62)(H,59,71)(H,60,72)(H,61,73)(H,63,70)/b25-23-,56-28?/t34-,35+,40-,44+,45?,46+,47?,48?/m1/s1. The van der Waals surface area contributed by atoms with Gasteiger partial charge in [-0.25, -0.2) is 4.68 Å². The second kappa shape index (κ2) is 24.9. The van der Waals surface area contributed by atoms with Gasteiger partial charge in [-0.1, -0.05) is 141 Å². The first-order valence-corrected chi connectivity index (χ1v) is 25.9. The quantitative estimate of drug-likeness (QED) is 0.0587. The Hall–Kier alpha value is -6.89. The van der Waals surface area contributed by atoms with E-state index < -0.39 is 76.6 Å². The molecule has 74 heavy (non-hydrogen) atoms. The van der Waals surface area contributed by atoms with Crippen LogP contribution in [0.15, 0.2) is 101 Å². The minimum Gasteiger partial charge on any atom is -0.360 e. The number of hydrogen-bond donors (Lipinski definition) is 7. The summed E-state index contributed by atoms with van der Waals surface area (Å²) in [5.74, 6) is -3.57. The van der Waals surface area contributed by atoms with Crippen molar-refractivity contribution >= 4 is 70.9 Å². The molecule has 3 unspecified atom stereocenters. The summed E-state index contributed by atoms with van der Waals surface area (Å²) in [5, 5.41) is 30.5. The largest absolute Gasteiger partial charge is 0.360 e. The molecule has 4 aromatic rings. The first-order chi connectivity index (χ1) is 35.0. The fraction of sp³-hybridized carbons (Fsp3) is 0.491. The first-order valence-electron chi connectivity index (χ1n) is 25.4. The molecule has 3 aromatic carbocycles. The normalized spacial score (nSPS) is 20.7. The van der Waals surface area contributed by atoms with Crippen molar-refractivity contribution in [3.05, 3.63) is 107 Å². The maximum absolute atomic E-state index is 15.1. The lowest BCUT2D eigenvalue weighted by atomic mass is 9.82. The number of carbonyl (C=O) groups excluding carboxylic acids is 6. The topological polar surface area (TPSA) is 233 Å². The highest BCUT2D eigenvalue weighted by atomic mass is 32.1. The van der Waals surface area contributed by atoms with Crippen molar-refractivity contribution in [2.24, 2.45) is 32.7 Å². The lowest BCUT2D eigenvalue weighted by Crippen LogP contribution is -2.65. The van der Waals surface area contributed by atoms with E-state index in [-0.39, 0.29) is 49.0 Å². The number of amides is 6. The number of carbonyl (C=O) groups is 6. The molecule has 6 N–H and O–H groups in total. The predicted octanol–water partition coefficient (Wildman–Crippen LogP) is 5.06. The van der Waals surface area contributed by atoms with Gasteiger partial charge in [-0.3, -0.25) is 38.8 Å². The number of hydrogen-bond acceptors (Lipinski definition) is 12. The van der Waals surface area contributed by atoms with Gasteiger partial charge in [0.2, 0.25) is 35.4 Å². The van der Waals surface area contributed by atoms with Gasteiger partial charge in [0, 0.05) is 24.9 Å². The highest BCUT2D eigenvalue weighted by Gasteiger charge is 2.44. The lowest BCUT2D eigenvalue weighted by molar-refractivity contribution is -0.140. The summed E-state index contributed by atoms with van der Waals surface area (Å²) in [6.07, 6.45) is 5.01. The Bertz CT molecular complexity index is 2730. The highest BCUT2D eigenvalue weighted by molar-refractivity contribution is 7.83. The van der Waals surface area contributed by atoms with Gasteiger partial charge in [-0.2, -0.15) is 0 Å². The summed E-state index contributed by atoms with van der Waals surface area (Å²) in [5.41, 5.74) is 0.787. The molecule has 8 atom stereocenters. The SMILES string of the molecule is CC(C)[C@@H]1NC(=O)[C@@H]2[C@H](C)CCN2C(=O)CN=C(NC(C(=O)NC(C(=O)N[C@@H](C=N/C=C\S)CC(=O)NCc2cn(Cc3ccc4ccccc4c3)nn2)[C@@H](C)c2ccccc2)C(C)(C)C)C(C(C)(C)C)NC1=O. The van der Waals surface area contributed by atoms with Gasteiger partial charge in [-0.15, -0.1) is 17.7 Å². The fourth-order valence-corrected chi connectivity index (χ4v) is 9.38. The second-order valence-corrected chi connectivity index (χ2v) is 22.2. The first kappa shape index (κ1) is 56.4. The molecule has 6 amide bonds. The van der Waals surface area contributed by atoms with Crippen LogP contribution in [0.1, 0.15) is 105 Å². The summed E-state index contributed by atoms with van der Waals surface area (Å²) in [4.78, 5) is 96.0. The van der Waals surface area contributed by atoms with Crippen molar-refractivity contribution in [3.8, 4) is 0 Å². The van der Waals surface area contributed by atoms with Crippen LogP contribution in [-0.2, 0) is 41.9 Å². The van der Waals surface area contributed by atoms with E-state index in [2.05, 4.69) is 84.1 Å². The van der Waals surface area contributed by atoms with Crippen molar-refractivity contribution in [1.29, 1.82) is 0 Å². The van der Waals surface area contributed by atoms with E-state index in [1.807, 2.05) is 118 Å². The number of aromatic nitrogens is 3. The predicted molar refractivity (Wildman–Crippen MR) is 291 cm³/mol. The number of amidine groups is 1. The maximum Gasteiger partial charge on any atom is 0.244 e. The van der Waals surface area contributed by atoms with Crippen LogP contribution < -0.4 is 31.9 Å². The van der Waals surface area contributed by atoms with Gasteiger partial charge in [0.15, 0.2) is 0 Å². The number of aliphatic imine (C=N–C) groups is 2. The van der Waals surface area contributed by atoms with Gasteiger partial charge in [-0.05, 0) is 62.5 Å². The average molecular weight is 1030 g/mol. The number of rotatable bonds is 16. The lowest BCUT2D eigenvalue weighted by Gasteiger charge is -2.39. The Morgan fingerprint density at radius 2 is 1.59 bits per heavy atom. The van der Waals surface area contributed by atoms with Crippen LogP contribution in [0.3, 0.4) is 0 Å². The zero-order valence-corrected chi connectivity index (χ0v) is 45.2. The third-order valence-corrected chi connectivity index (χ3v) is 13.7. The smallest absolute Gasteiger partial charge is 0.244 e. The third kappa shape index (κ3) is 14.9. The average Bonchev–Trinajstić information content (AvgIpc) is 3.97. The molecule has 19 heteroatoms. The van der Waals surface area contributed by atoms with Crippen molar-refractivity contribution in [2.45, 2.75) is 137 Å². The van der Waals surface area contributed by atoms with E-state index in [4.69, 9.17) is 4.99 Å². The van der Waals surface area contributed by atoms with Crippen molar-refractivity contribution in [2.75, 3.05) is 13.1 Å². The Kier molecular flexibility index (Phi) is 19.0. The van der Waals surface area contributed by atoms with Crippen molar-refractivity contribution in [1.82, 2.24) is 51.8 Å². The molecule has 0 radical (unpaired) electrons. The fourth-order valence-electron chi connectivity index (χ4n) is 9.31. The van der Waals surface area contributed by atoms with Crippen LogP contribution in [0.25, 0.3) is 10.8 Å². The summed E-state index contributed by atoms with van der Waals surface area (Å²) in [6, 6.07) is 17.8. The number of thiol groups is 1. The highest BCUT2D eigenvalue weighted by Crippen LogP contribution is 2.28. The summed E-state index contributed by atoms with van der Waals surface area (Å²) < 4.78 is 1.71. The van der Waals surface area contributed by atoms with Gasteiger partial charge in [0.25, 0.3) is 0 Å². The van der Waals surface area contributed by atoms with Crippen LogP contribution >= 0.6 is 12.6 Å². The molecule has 396 valence electrons. The van der Waals surface area contributed by atoms with Crippen LogP contribution in [0.4, 0.5) is 0 Å². The second-order valence-electron chi connectivity index (χ2n) is 21.9. The van der Waals surface area contributed by atoms with Gasteiger partial charge in [0.1, 0.15) is 42.2 Å². The minimum absolute atomic E-state index is 0.0852. The molecule has 18 nitrogen and oxygen atoms in total. The Balaban J connectivity index is 1.24. The maximum atomic E-state index is 15.1. The monoisotopic (exact) mass is 1030 g/mol. The summed E-state index contributed by atoms with van der Waals surface area (Å²) in [6.45, 7) is 19.3. The van der Waals surface area contributed by atoms with Crippen LogP contribution in [0, 0.1) is 22.7 Å². The number of fused-ring (bicyclic) bond motifs is 2. The number of benzene rings is 3. The van der Waals surface area contributed by atoms with Crippen molar-refractivity contribution in [3.63, 3.8) is 0 Å². The molecule has 0 bridgehead atoms. The number of nitrogens with one attached hydrogen (secondary N) is 6. The summed E-state index contributed by atoms with van der Waals surface area (Å²) in [7, 11) is 0. The molecule has 2 aliphatic heterocycles. The molecular formula is C55H74N12O6S. The molecule has 1 saturated heterocycles. The number of nitrogens with zero attached hydrogens (tertiary/aromatic N) is 6. The Morgan fingerprint density at radius 1 is 0.892 bits per heavy atom. The van der Waals surface area contributed by atoms with E-state index in [9.17, 15) is 24.0 Å². The minimum atomic E-state index is -1.18. The van der Waals surface area contributed by atoms with Crippen molar-refractivity contribution < 1.29 is 28.8 Å². The summed E-state index contributed by atoms with van der Waals surface area (Å²) >= 11 is 4.11. The molecule has 1 fully saturated rings. The molecular weight excluding hydrogens is 957 g/mol. The molecule has 0 spiro atoms. The zero-order valence-electron chi connectivity index (χ0n) is 44.3. The van der Waals surface area contributed by atoms with E-state index in [0.717, 1.165) is 21.9 Å². The molecule has 6 rings (SSSR count). The van der Waals surface area contributed by atoms with E-state index in [1.165, 1.54) is 22.7 Å². The van der Waals surface area contributed by atoms with Gasteiger partial charge >= 0.3 is 0 Å².